The minimum Gasteiger partial charge on any atom is -0.493 e. The molecule has 0 bridgehead atoms. The summed E-state index contributed by atoms with van der Waals surface area (Å²) in [5.41, 5.74) is 0. The molecule has 2 aliphatic rings. The minimum absolute atomic E-state index is 0. The monoisotopic (exact) mass is 544 g/mol. The third kappa shape index (κ3) is 8.38. The van der Waals surface area contributed by atoms with E-state index in [1.807, 2.05) is 31.2 Å². The van der Waals surface area contributed by atoms with Crippen LogP contribution in [0.1, 0.15) is 52.4 Å². The molecule has 31 heavy (non-hydrogen) atoms. The van der Waals surface area contributed by atoms with E-state index < -0.39 is 0 Å². The fourth-order valence-electron chi connectivity index (χ4n) is 3.81. The van der Waals surface area contributed by atoms with Gasteiger partial charge >= 0.3 is 0 Å². The highest BCUT2D eigenvalue weighted by Crippen LogP contribution is 2.28. The van der Waals surface area contributed by atoms with Gasteiger partial charge < -0.3 is 25.4 Å². The molecule has 2 aliphatic carbocycles. The lowest BCUT2D eigenvalue weighted by atomic mass is 9.85. The normalized spacial score (nSPS) is 22.0. The predicted octanol–water partition coefficient (Wildman–Crippen LogP) is 3.47. The summed E-state index contributed by atoms with van der Waals surface area (Å²) in [6, 6.07) is 8.32. The summed E-state index contributed by atoms with van der Waals surface area (Å²) in [5.74, 6) is 2.55. The lowest BCUT2D eigenvalue weighted by Crippen LogP contribution is -2.47. The van der Waals surface area contributed by atoms with E-state index in [1.165, 1.54) is 0 Å². The average molecular weight is 544 g/mol. The van der Waals surface area contributed by atoms with Gasteiger partial charge in [-0.1, -0.05) is 18.6 Å². The van der Waals surface area contributed by atoms with Crippen molar-refractivity contribution >= 4 is 35.8 Å². The van der Waals surface area contributed by atoms with Crippen molar-refractivity contribution in [3.8, 4) is 11.5 Å². The van der Waals surface area contributed by atoms with E-state index >= 15 is 0 Å². The van der Waals surface area contributed by atoms with Gasteiger partial charge in [-0.05, 0) is 58.1 Å². The lowest BCUT2D eigenvalue weighted by Gasteiger charge is -2.30. The Kier molecular flexibility index (Phi) is 10.7. The molecule has 8 heteroatoms. The maximum atomic E-state index is 12.4. The largest absolute Gasteiger partial charge is 0.493 e. The maximum absolute atomic E-state index is 12.4. The number of halogens is 1. The number of aliphatic imine (C=N–C) groups is 1. The number of ether oxygens (including phenoxy) is 2. The number of hydrogen-bond donors (Lipinski definition) is 3. The Labute approximate surface area is 203 Å². The molecule has 7 nitrogen and oxygen atoms in total. The van der Waals surface area contributed by atoms with Gasteiger partial charge in [0.25, 0.3) is 0 Å². The van der Waals surface area contributed by atoms with Gasteiger partial charge in [0.1, 0.15) is 6.10 Å². The SMILES string of the molecule is CCNC(=NCC(C)Oc1ccccc1OC)NC1CCCC(C(=O)NC2CC2)C1.I. The second-order valence-electron chi connectivity index (χ2n) is 8.29. The van der Waals surface area contributed by atoms with Crippen LogP contribution in [0.2, 0.25) is 0 Å². The van der Waals surface area contributed by atoms with Gasteiger partial charge in [-0.15, -0.1) is 24.0 Å². The molecular weight excluding hydrogens is 507 g/mol. The van der Waals surface area contributed by atoms with Crippen LogP contribution in [0.25, 0.3) is 0 Å². The molecule has 0 radical (unpaired) electrons. The van der Waals surface area contributed by atoms with Crippen molar-refractivity contribution in [2.75, 3.05) is 20.2 Å². The van der Waals surface area contributed by atoms with Gasteiger partial charge in [0, 0.05) is 24.5 Å². The van der Waals surface area contributed by atoms with Crippen molar-refractivity contribution in [1.29, 1.82) is 0 Å². The molecule has 0 heterocycles. The smallest absolute Gasteiger partial charge is 0.223 e. The molecular formula is C23H37IN4O3. The van der Waals surface area contributed by atoms with Crippen LogP contribution >= 0.6 is 24.0 Å². The van der Waals surface area contributed by atoms with E-state index in [-0.39, 0.29) is 47.9 Å². The summed E-state index contributed by atoms with van der Waals surface area (Å²) < 4.78 is 11.4. The molecule has 1 aromatic rings. The highest BCUT2D eigenvalue weighted by molar-refractivity contribution is 14.0. The summed E-state index contributed by atoms with van der Waals surface area (Å²) >= 11 is 0. The summed E-state index contributed by atoms with van der Waals surface area (Å²) in [5, 5.41) is 10.0. The predicted molar refractivity (Wildman–Crippen MR) is 135 cm³/mol. The van der Waals surface area contributed by atoms with Crippen LogP contribution in [0, 0.1) is 5.92 Å². The Morgan fingerprint density at radius 2 is 1.87 bits per heavy atom. The number of guanidine groups is 1. The van der Waals surface area contributed by atoms with Crippen LogP contribution in [0.3, 0.4) is 0 Å². The number of amides is 1. The Hall–Kier alpha value is -1.71. The van der Waals surface area contributed by atoms with Crippen molar-refractivity contribution in [1.82, 2.24) is 16.0 Å². The second-order valence-corrected chi connectivity index (χ2v) is 8.29. The van der Waals surface area contributed by atoms with E-state index in [2.05, 4.69) is 22.9 Å². The van der Waals surface area contributed by atoms with Crippen molar-refractivity contribution in [3.63, 3.8) is 0 Å². The van der Waals surface area contributed by atoms with Crippen molar-refractivity contribution < 1.29 is 14.3 Å². The first-order chi connectivity index (χ1) is 14.6. The molecule has 0 aliphatic heterocycles. The fraction of sp³-hybridized carbons (Fsp3) is 0.652. The molecule has 0 spiro atoms. The van der Waals surface area contributed by atoms with E-state index in [1.54, 1.807) is 7.11 Å². The molecule has 3 atom stereocenters. The molecule has 1 amide bonds. The molecule has 1 aromatic carbocycles. The summed E-state index contributed by atoms with van der Waals surface area (Å²) in [4.78, 5) is 17.2. The van der Waals surface area contributed by atoms with Crippen molar-refractivity contribution in [2.24, 2.45) is 10.9 Å². The van der Waals surface area contributed by atoms with Crippen LogP contribution in [0.15, 0.2) is 29.3 Å². The van der Waals surface area contributed by atoms with Crippen molar-refractivity contribution in [3.05, 3.63) is 24.3 Å². The summed E-state index contributed by atoms with van der Waals surface area (Å²) in [6.07, 6.45) is 6.13. The van der Waals surface area contributed by atoms with Crippen LogP contribution in [-0.2, 0) is 4.79 Å². The van der Waals surface area contributed by atoms with Gasteiger partial charge in [0.05, 0.1) is 13.7 Å². The van der Waals surface area contributed by atoms with Gasteiger partial charge in [-0.3, -0.25) is 4.79 Å². The summed E-state index contributed by atoms with van der Waals surface area (Å²) in [6.45, 7) is 5.36. The molecule has 3 unspecified atom stereocenters. The maximum Gasteiger partial charge on any atom is 0.223 e. The average Bonchev–Trinajstić information content (AvgIpc) is 3.57. The standard InChI is InChI=1S/C23H36N4O3.HI/c1-4-24-23(25-15-16(2)30-21-11-6-5-10-20(21)29-3)27-19-9-7-8-17(14-19)22(28)26-18-12-13-18;/h5-6,10-11,16-19H,4,7-9,12-15H2,1-3H3,(H,26,28)(H2,24,25,27);1H. The zero-order chi connectivity index (χ0) is 21.3. The number of rotatable bonds is 9. The van der Waals surface area contributed by atoms with Gasteiger partial charge in [-0.25, -0.2) is 4.99 Å². The van der Waals surface area contributed by atoms with E-state index in [0.717, 1.165) is 62.5 Å². The zero-order valence-corrected chi connectivity index (χ0v) is 21.2. The van der Waals surface area contributed by atoms with Crippen molar-refractivity contribution in [2.45, 2.75) is 70.6 Å². The fourth-order valence-corrected chi connectivity index (χ4v) is 3.81. The number of benzene rings is 1. The Bertz CT molecular complexity index is 727. The van der Waals surface area contributed by atoms with E-state index in [4.69, 9.17) is 14.5 Å². The van der Waals surface area contributed by atoms with Gasteiger partial charge in [0.15, 0.2) is 17.5 Å². The number of nitrogens with zero attached hydrogens (tertiary/aromatic N) is 1. The lowest BCUT2D eigenvalue weighted by molar-refractivity contribution is -0.126. The molecule has 0 aromatic heterocycles. The van der Waals surface area contributed by atoms with E-state index in [0.29, 0.717) is 12.6 Å². The minimum atomic E-state index is -0.0971. The molecule has 3 N–H and O–H groups in total. The number of methoxy groups -OCH3 is 1. The first kappa shape index (κ1) is 25.5. The highest BCUT2D eigenvalue weighted by atomic mass is 127. The third-order valence-corrected chi connectivity index (χ3v) is 5.56. The number of nitrogens with one attached hydrogen (secondary N) is 3. The molecule has 3 rings (SSSR count). The molecule has 2 saturated carbocycles. The van der Waals surface area contributed by atoms with Gasteiger partial charge in [-0.2, -0.15) is 0 Å². The molecule has 0 saturated heterocycles. The number of carbonyl (C=O) groups excluding carboxylic acids is 1. The number of hydrogen-bond acceptors (Lipinski definition) is 4. The quantitative estimate of drug-likeness (QED) is 0.252. The van der Waals surface area contributed by atoms with Crippen LogP contribution in [0.4, 0.5) is 0 Å². The Morgan fingerprint density at radius 3 is 2.55 bits per heavy atom. The first-order valence-electron chi connectivity index (χ1n) is 11.2. The van der Waals surface area contributed by atoms with Crippen LogP contribution in [0.5, 0.6) is 11.5 Å². The zero-order valence-electron chi connectivity index (χ0n) is 18.9. The second kappa shape index (κ2) is 13.0. The first-order valence-corrected chi connectivity index (χ1v) is 11.2. The third-order valence-electron chi connectivity index (χ3n) is 5.56. The number of carbonyl (C=O) groups is 1. The van der Waals surface area contributed by atoms with Crippen LogP contribution in [-0.4, -0.2) is 50.3 Å². The van der Waals surface area contributed by atoms with Crippen LogP contribution < -0.4 is 25.4 Å². The Morgan fingerprint density at radius 1 is 1.13 bits per heavy atom. The van der Waals surface area contributed by atoms with E-state index in [9.17, 15) is 4.79 Å². The molecule has 2 fully saturated rings. The highest BCUT2D eigenvalue weighted by Gasteiger charge is 2.31. The topological polar surface area (TPSA) is 84.0 Å². The number of para-hydroxylation sites is 2. The Balaban J connectivity index is 0.00000341. The summed E-state index contributed by atoms with van der Waals surface area (Å²) in [7, 11) is 1.64. The molecule has 174 valence electrons. The van der Waals surface area contributed by atoms with Gasteiger partial charge in [0.2, 0.25) is 5.91 Å².